The Kier molecular flexibility index (Phi) is 4.19. The molecule has 0 aromatic heterocycles. The minimum atomic E-state index is -1.25. The van der Waals surface area contributed by atoms with E-state index in [0.717, 1.165) is 0 Å². The molecule has 0 amide bonds. The molecule has 1 fully saturated rings. The topological polar surface area (TPSA) is 69.9 Å². The fraction of sp³-hybridized carbons (Fsp3) is 0.500. The Hall–Kier alpha value is -0.720. The van der Waals surface area contributed by atoms with Gasteiger partial charge in [0.1, 0.15) is 18.0 Å². The first-order valence-corrected chi connectivity index (χ1v) is 5.98. The molecule has 0 unspecified atom stereocenters. The van der Waals surface area contributed by atoms with Crippen LogP contribution in [0.3, 0.4) is 0 Å². The smallest absolute Gasteiger partial charge is 0.147 e. The normalized spacial score (nSPS) is 32.5. The van der Waals surface area contributed by atoms with Crippen molar-refractivity contribution in [3.8, 4) is 0 Å². The highest BCUT2D eigenvalue weighted by atomic mass is 35.5. The van der Waals surface area contributed by atoms with Gasteiger partial charge in [-0.3, -0.25) is 0 Å². The van der Waals surface area contributed by atoms with Gasteiger partial charge in [0.15, 0.2) is 0 Å². The van der Waals surface area contributed by atoms with E-state index in [0.29, 0.717) is 0 Å². The summed E-state index contributed by atoms with van der Waals surface area (Å²) < 4.78 is 19.2. The molecule has 2 rings (SSSR count). The van der Waals surface area contributed by atoms with E-state index in [1.807, 2.05) is 0 Å². The quantitative estimate of drug-likeness (QED) is 0.754. The minimum absolute atomic E-state index is 0.0761. The van der Waals surface area contributed by atoms with E-state index in [-0.39, 0.29) is 23.6 Å². The van der Waals surface area contributed by atoms with Crippen LogP contribution < -0.4 is 0 Å². The standard InChI is InChI=1S/C12H14ClFO4/c13-8-3-1-2-7(10(8)14)12-11(17)9(16)4-6(5-15)18-12/h1-3,6,9,11-12,15-17H,4-5H2/t6-,9-,11-,12+/m0/s1. The first kappa shape index (κ1) is 13.7. The zero-order valence-electron chi connectivity index (χ0n) is 9.46. The van der Waals surface area contributed by atoms with Gasteiger partial charge in [-0.25, -0.2) is 4.39 Å². The van der Waals surface area contributed by atoms with E-state index in [1.165, 1.54) is 18.2 Å². The molecule has 1 aliphatic rings. The fourth-order valence-corrected chi connectivity index (χ4v) is 2.25. The Balaban J connectivity index is 2.32. The van der Waals surface area contributed by atoms with Gasteiger partial charge in [-0.15, -0.1) is 0 Å². The summed E-state index contributed by atoms with van der Waals surface area (Å²) in [6.45, 7) is -0.303. The lowest BCUT2D eigenvalue weighted by Crippen LogP contribution is -2.44. The molecule has 0 spiro atoms. The van der Waals surface area contributed by atoms with Crippen LogP contribution in [-0.4, -0.2) is 40.2 Å². The Morgan fingerprint density at radius 3 is 2.78 bits per heavy atom. The molecule has 1 aromatic carbocycles. The van der Waals surface area contributed by atoms with Crippen molar-refractivity contribution in [2.24, 2.45) is 0 Å². The maximum absolute atomic E-state index is 13.9. The molecule has 0 saturated carbocycles. The fourth-order valence-electron chi connectivity index (χ4n) is 2.07. The summed E-state index contributed by atoms with van der Waals surface area (Å²) in [5, 5.41) is 28.5. The van der Waals surface area contributed by atoms with Gasteiger partial charge in [-0.2, -0.15) is 0 Å². The molecule has 4 atom stereocenters. The molecule has 1 aliphatic heterocycles. The maximum Gasteiger partial charge on any atom is 0.147 e. The SMILES string of the molecule is OC[C@@H]1C[C@H](O)[C@H](O)[C@@H](c2cccc(Cl)c2F)O1. The zero-order chi connectivity index (χ0) is 13.3. The number of halogens is 2. The van der Waals surface area contributed by atoms with E-state index in [4.69, 9.17) is 21.4 Å². The summed E-state index contributed by atoms with van der Waals surface area (Å²) >= 11 is 5.66. The lowest BCUT2D eigenvalue weighted by Gasteiger charge is -2.36. The number of aliphatic hydroxyl groups is 3. The molecule has 3 N–H and O–H groups in total. The monoisotopic (exact) mass is 276 g/mol. The molecule has 1 saturated heterocycles. The van der Waals surface area contributed by atoms with Crippen molar-refractivity contribution in [3.05, 3.63) is 34.6 Å². The Morgan fingerprint density at radius 2 is 2.11 bits per heavy atom. The van der Waals surface area contributed by atoms with Crippen molar-refractivity contribution in [1.29, 1.82) is 0 Å². The van der Waals surface area contributed by atoms with Crippen LogP contribution in [-0.2, 0) is 4.74 Å². The molecule has 4 nitrogen and oxygen atoms in total. The number of ether oxygens (including phenoxy) is 1. The Morgan fingerprint density at radius 1 is 1.39 bits per heavy atom. The van der Waals surface area contributed by atoms with Gasteiger partial charge in [0.2, 0.25) is 0 Å². The van der Waals surface area contributed by atoms with E-state index < -0.39 is 30.2 Å². The summed E-state index contributed by atoms with van der Waals surface area (Å²) in [6.07, 6.45) is -3.88. The Bertz CT molecular complexity index is 429. The van der Waals surface area contributed by atoms with Crippen molar-refractivity contribution in [2.45, 2.75) is 30.8 Å². The molecular weight excluding hydrogens is 263 g/mol. The summed E-state index contributed by atoms with van der Waals surface area (Å²) in [5.74, 6) is -0.686. The third-order valence-corrected chi connectivity index (χ3v) is 3.33. The third-order valence-electron chi connectivity index (χ3n) is 3.04. The molecule has 1 heterocycles. The van der Waals surface area contributed by atoms with Crippen molar-refractivity contribution in [1.82, 2.24) is 0 Å². The number of hydrogen-bond acceptors (Lipinski definition) is 4. The highest BCUT2D eigenvalue weighted by Crippen LogP contribution is 2.34. The summed E-state index contributed by atoms with van der Waals surface area (Å²) in [5.41, 5.74) is 0.0761. The lowest BCUT2D eigenvalue weighted by atomic mass is 9.93. The highest BCUT2D eigenvalue weighted by molar-refractivity contribution is 6.30. The van der Waals surface area contributed by atoms with Crippen molar-refractivity contribution < 1.29 is 24.4 Å². The van der Waals surface area contributed by atoms with E-state index in [2.05, 4.69) is 0 Å². The van der Waals surface area contributed by atoms with Crippen LogP contribution in [0.15, 0.2) is 18.2 Å². The van der Waals surface area contributed by atoms with Gasteiger partial charge >= 0.3 is 0 Å². The van der Waals surface area contributed by atoms with E-state index in [1.54, 1.807) is 0 Å². The van der Waals surface area contributed by atoms with Crippen LogP contribution >= 0.6 is 11.6 Å². The number of rotatable bonds is 2. The van der Waals surface area contributed by atoms with Crippen LogP contribution in [0.1, 0.15) is 18.1 Å². The summed E-state index contributed by atoms with van der Waals surface area (Å²) in [6, 6.07) is 4.35. The zero-order valence-corrected chi connectivity index (χ0v) is 10.2. The van der Waals surface area contributed by atoms with Crippen LogP contribution in [0.2, 0.25) is 5.02 Å². The first-order valence-electron chi connectivity index (χ1n) is 5.61. The molecule has 100 valence electrons. The number of benzene rings is 1. The van der Waals surface area contributed by atoms with Crippen molar-refractivity contribution in [2.75, 3.05) is 6.61 Å². The van der Waals surface area contributed by atoms with Crippen LogP contribution in [0, 0.1) is 5.82 Å². The molecule has 1 aromatic rings. The maximum atomic E-state index is 13.9. The largest absolute Gasteiger partial charge is 0.394 e. The van der Waals surface area contributed by atoms with Crippen molar-refractivity contribution >= 4 is 11.6 Å². The molecule has 0 aliphatic carbocycles. The summed E-state index contributed by atoms with van der Waals surface area (Å²) in [7, 11) is 0. The third kappa shape index (κ3) is 2.50. The van der Waals surface area contributed by atoms with Gasteiger partial charge < -0.3 is 20.1 Å². The molecule has 0 bridgehead atoms. The van der Waals surface area contributed by atoms with Gasteiger partial charge in [0.05, 0.1) is 23.8 Å². The second-order valence-corrected chi connectivity index (χ2v) is 4.71. The molecular formula is C12H14ClFO4. The van der Waals surface area contributed by atoms with Crippen LogP contribution in [0.5, 0.6) is 0 Å². The number of hydrogen-bond donors (Lipinski definition) is 3. The summed E-state index contributed by atoms with van der Waals surface area (Å²) in [4.78, 5) is 0. The van der Waals surface area contributed by atoms with E-state index >= 15 is 0 Å². The van der Waals surface area contributed by atoms with Crippen molar-refractivity contribution in [3.63, 3.8) is 0 Å². The average Bonchev–Trinajstić information content (AvgIpc) is 2.36. The number of aliphatic hydroxyl groups excluding tert-OH is 3. The van der Waals surface area contributed by atoms with Crippen LogP contribution in [0.25, 0.3) is 0 Å². The second-order valence-electron chi connectivity index (χ2n) is 4.30. The predicted octanol–water partition coefficient (Wildman–Crippen LogP) is 1.02. The molecule has 0 radical (unpaired) electrons. The second kappa shape index (κ2) is 5.50. The first-order chi connectivity index (χ1) is 8.54. The van der Waals surface area contributed by atoms with Gasteiger partial charge in [-0.05, 0) is 6.07 Å². The molecule has 18 heavy (non-hydrogen) atoms. The van der Waals surface area contributed by atoms with Gasteiger partial charge in [0, 0.05) is 12.0 Å². The molecule has 6 heteroatoms. The minimum Gasteiger partial charge on any atom is -0.394 e. The Labute approximate surface area is 109 Å². The lowest BCUT2D eigenvalue weighted by molar-refractivity contribution is -0.180. The average molecular weight is 277 g/mol. The highest BCUT2D eigenvalue weighted by Gasteiger charge is 2.38. The predicted molar refractivity (Wildman–Crippen MR) is 62.7 cm³/mol. The van der Waals surface area contributed by atoms with Crippen LogP contribution in [0.4, 0.5) is 4.39 Å². The van der Waals surface area contributed by atoms with Gasteiger partial charge in [0.25, 0.3) is 0 Å². The van der Waals surface area contributed by atoms with E-state index in [9.17, 15) is 14.6 Å². The van der Waals surface area contributed by atoms with Gasteiger partial charge in [-0.1, -0.05) is 23.7 Å².